The Morgan fingerprint density at radius 2 is 1.78 bits per heavy atom. The lowest BCUT2D eigenvalue weighted by Gasteiger charge is -2.14. The minimum absolute atomic E-state index is 0.178. The number of hydrogen-bond acceptors (Lipinski definition) is 5. The van der Waals surface area contributed by atoms with Crippen molar-refractivity contribution in [1.82, 2.24) is 9.88 Å². The van der Waals surface area contributed by atoms with Crippen LogP contribution in [0.2, 0.25) is 0 Å². The molecule has 0 fully saturated rings. The molecule has 0 aliphatic carbocycles. The molecule has 1 aromatic heterocycles. The number of thiazole rings is 1. The first-order chi connectivity index (χ1) is 13.0. The summed E-state index contributed by atoms with van der Waals surface area (Å²) in [5.41, 5.74) is 2.10. The lowest BCUT2D eigenvalue weighted by molar-refractivity contribution is 0.0828. The first-order valence-electron chi connectivity index (χ1n) is 8.21. The molecule has 3 rings (SSSR count). The van der Waals surface area contributed by atoms with Crippen LogP contribution in [0.25, 0.3) is 10.6 Å². The van der Waals surface area contributed by atoms with E-state index in [2.05, 4.69) is 10.3 Å². The third-order valence-electron chi connectivity index (χ3n) is 3.89. The average Bonchev–Trinajstić information content (AvgIpc) is 3.18. The van der Waals surface area contributed by atoms with Crippen molar-refractivity contribution >= 4 is 28.8 Å². The molecule has 3 aromatic rings. The number of nitrogens with one attached hydrogen (secondary N) is 1. The Hall–Kier alpha value is -3.19. The highest BCUT2D eigenvalue weighted by molar-refractivity contribution is 7.13. The highest BCUT2D eigenvalue weighted by Gasteiger charge is 2.17. The lowest BCUT2D eigenvalue weighted by atomic mass is 10.1. The molecule has 6 nitrogen and oxygen atoms in total. The quantitative estimate of drug-likeness (QED) is 0.730. The molecule has 0 saturated heterocycles. The molecular weight excluding hydrogens is 362 g/mol. The Morgan fingerprint density at radius 3 is 2.44 bits per heavy atom. The van der Waals surface area contributed by atoms with Gasteiger partial charge < -0.3 is 15.0 Å². The van der Waals surface area contributed by atoms with E-state index in [1.165, 1.54) is 16.2 Å². The van der Waals surface area contributed by atoms with Crippen molar-refractivity contribution in [3.63, 3.8) is 0 Å². The smallest absolute Gasteiger partial charge is 0.275 e. The second-order valence-corrected chi connectivity index (χ2v) is 6.82. The summed E-state index contributed by atoms with van der Waals surface area (Å²) in [4.78, 5) is 30.7. The number of nitrogens with zero attached hydrogens (tertiary/aromatic N) is 2. The van der Waals surface area contributed by atoms with Gasteiger partial charge >= 0.3 is 0 Å². The third kappa shape index (κ3) is 4.15. The van der Waals surface area contributed by atoms with Gasteiger partial charge in [-0.1, -0.05) is 12.1 Å². The molecule has 0 atom stereocenters. The van der Waals surface area contributed by atoms with Crippen LogP contribution in [0.15, 0.2) is 53.9 Å². The molecule has 1 heterocycles. The van der Waals surface area contributed by atoms with Crippen molar-refractivity contribution in [2.75, 3.05) is 26.5 Å². The van der Waals surface area contributed by atoms with Crippen LogP contribution in [0.1, 0.15) is 20.8 Å². The zero-order chi connectivity index (χ0) is 19.4. The zero-order valence-electron chi connectivity index (χ0n) is 15.2. The Bertz CT molecular complexity index is 965. The van der Waals surface area contributed by atoms with E-state index in [1.807, 2.05) is 24.3 Å². The van der Waals surface area contributed by atoms with Gasteiger partial charge in [-0.25, -0.2) is 4.98 Å². The van der Waals surface area contributed by atoms with Gasteiger partial charge in [0.15, 0.2) is 0 Å². The maximum atomic E-state index is 12.6. The first kappa shape index (κ1) is 18.6. The lowest BCUT2D eigenvalue weighted by Crippen LogP contribution is -2.24. The fourth-order valence-electron chi connectivity index (χ4n) is 2.45. The first-order valence-corrected chi connectivity index (χ1v) is 9.09. The Morgan fingerprint density at radius 1 is 1.07 bits per heavy atom. The SMILES string of the molecule is COc1ccc(-c2nc(C(=O)Nc3ccccc3C(=O)N(C)C)cs2)cc1. The molecule has 0 bridgehead atoms. The predicted octanol–water partition coefficient (Wildman–Crippen LogP) is 3.77. The third-order valence-corrected chi connectivity index (χ3v) is 4.78. The van der Waals surface area contributed by atoms with Gasteiger partial charge in [0.05, 0.1) is 18.4 Å². The van der Waals surface area contributed by atoms with E-state index in [4.69, 9.17) is 4.74 Å². The van der Waals surface area contributed by atoms with Gasteiger partial charge in [0, 0.05) is 25.0 Å². The van der Waals surface area contributed by atoms with Crippen molar-refractivity contribution in [3.05, 3.63) is 65.2 Å². The van der Waals surface area contributed by atoms with Crippen LogP contribution in [0.3, 0.4) is 0 Å². The van der Waals surface area contributed by atoms with Crippen LogP contribution in [0.4, 0.5) is 5.69 Å². The second-order valence-electron chi connectivity index (χ2n) is 5.97. The number of carbonyl (C=O) groups is 2. The number of para-hydroxylation sites is 1. The van der Waals surface area contributed by atoms with Crippen LogP contribution in [0, 0.1) is 0 Å². The average molecular weight is 381 g/mol. The molecule has 7 heteroatoms. The van der Waals surface area contributed by atoms with E-state index in [-0.39, 0.29) is 11.8 Å². The molecule has 2 amide bonds. The molecule has 1 N–H and O–H groups in total. The minimum Gasteiger partial charge on any atom is -0.497 e. The molecular formula is C20H19N3O3S. The molecule has 0 radical (unpaired) electrons. The van der Waals surface area contributed by atoms with Crippen molar-refractivity contribution in [3.8, 4) is 16.3 Å². The highest BCUT2D eigenvalue weighted by atomic mass is 32.1. The monoisotopic (exact) mass is 381 g/mol. The molecule has 0 saturated carbocycles. The summed E-state index contributed by atoms with van der Waals surface area (Å²) in [7, 11) is 4.95. The zero-order valence-corrected chi connectivity index (χ0v) is 16.0. The van der Waals surface area contributed by atoms with Crippen molar-refractivity contribution in [2.24, 2.45) is 0 Å². The van der Waals surface area contributed by atoms with Gasteiger partial charge in [-0.15, -0.1) is 11.3 Å². The fourth-order valence-corrected chi connectivity index (χ4v) is 3.26. The van der Waals surface area contributed by atoms with Crippen LogP contribution in [-0.2, 0) is 0 Å². The molecule has 2 aromatic carbocycles. The summed E-state index contributed by atoms with van der Waals surface area (Å²) in [5.74, 6) is 0.226. The molecule has 27 heavy (non-hydrogen) atoms. The predicted molar refractivity (Wildman–Crippen MR) is 107 cm³/mol. The highest BCUT2D eigenvalue weighted by Crippen LogP contribution is 2.26. The number of rotatable bonds is 5. The van der Waals surface area contributed by atoms with E-state index in [0.29, 0.717) is 16.9 Å². The van der Waals surface area contributed by atoms with E-state index < -0.39 is 0 Å². The standard InChI is InChI=1S/C20H19N3O3S/c1-23(2)20(25)15-6-4-5-7-16(15)21-18(24)17-12-27-19(22-17)13-8-10-14(26-3)11-9-13/h4-12H,1-3H3,(H,21,24). The summed E-state index contributed by atoms with van der Waals surface area (Å²) in [6.07, 6.45) is 0. The molecule has 0 unspecified atom stereocenters. The topological polar surface area (TPSA) is 71.5 Å². The molecule has 0 spiro atoms. The number of hydrogen-bond donors (Lipinski definition) is 1. The van der Waals surface area contributed by atoms with Crippen LogP contribution in [0.5, 0.6) is 5.75 Å². The number of carbonyl (C=O) groups excluding carboxylic acids is 2. The van der Waals surface area contributed by atoms with Crippen LogP contribution in [-0.4, -0.2) is 42.9 Å². The van der Waals surface area contributed by atoms with Crippen molar-refractivity contribution in [2.45, 2.75) is 0 Å². The second kappa shape index (κ2) is 8.01. The van der Waals surface area contributed by atoms with Crippen molar-refractivity contribution < 1.29 is 14.3 Å². The van der Waals surface area contributed by atoms with E-state index in [0.717, 1.165) is 16.3 Å². The maximum Gasteiger partial charge on any atom is 0.275 e. The van der Waals surface area contributed by atoms with Crippen LogP contribution >= 0.6 is 11.3 Å². The summed E-state index contributed by atoms with van der Waals surface area (Å²) >= 11 is 1.38. The van der Waals surface area contributed by atoms with E-state index in [1.54, 1.807) is 50.9 Å². The van der Waals surface area contributed by atoms with Gasteiger partial charge in [-0.05, 0) is 36.4 Å². The Balaban J connectivity index is 1.80. The molecule has 138 valence electrons. The van der Waals surface area contributed by atoms with E-state index >= 15 is 0 Å². The Labute approximate surface area is 161 Å². The summed E-state index contributed by atoms with van der Waals surface area (Å²) in [6.45, 7) is 0. The number of ether oxygens (including phenoxy) is 1. The van der Waals surface area contributed by atoms with Crippen LogP contribution < -0.4 is 10.1 Å². The minimum atomic E-state index is -0.356. The number of amides is 2. The van der Waals surface area contributed by atoms with Gasteiger partial charge in [-0.3, -0.25) is 9.59 Å². The number of benzene rings is 2. The summed E-state index contributed by atoms with van der Waals surface area (Å²) < 4.78 is 5.15. The van der Waals surface area contributed by atoms with Gasteiger partial charge in [0.25, 0.3) is 11.8 Å². The number of anilines is 1. The fraction of sp³-hybridized carbons (Fsp3) is 0.150. The normalized spacial score (nSPS) is 10.3. The largest absolute Gasteiger partial charge is 0.497 e. The summed E-state index contributed by atoms with van der Waals surface area (Å²) in [6, 6.07) is 14.4. The van der Waals surface area contributed by atoms with Gasteiger partial charge in [0.2, 0.25) is 0 Å². The van der Waals surface area contributed by atoms with Gasteiger partial charge in [0.1, 0.15) is 16.5 Å². The van der Waals surface area contributed by atoms with E-state index in [9.17, 15) is 9.59 Å². The van der Waals surface area contributed by atoms with Gasteiger partial charge in [-0.2, -0.15) is 0 Å². The number of methoxy groups -OCH3 is 1. The summed E-state index contributed by atoms with van der Waals surface area (Å²) in [5, 5.41) is 5.22. The molecule has 0 aliphatic rings. The maximum absolute atomic E-state index is 12.6. The molecule has 0 aliphatic heterocycles. The number of aromatic nitrogens is 1. The Kier molecular flexibility index (Phi) is 5.52. The van der Waals surface area contributed by atoms with Crippen molar-refractivity contribution in [1.29, 1.82) is 0 Å².